The van der Waals surface area contributed by atoms with Crippen LogP contribution in [0.15, 0.2) is 47.4 Å². The minimum Gasteiger partial charge on any atom is -0.497 e. The maximum Gasteiger partial charge on any atom is 0.169 e. The summed E-state index contributed by atoms with van der Waals surface area (Å²) in [5, 5.41) is 0. The SMILES string of the molecule is COc1ccc(SCCCOc2ccc3c(c2)OCCC3=O)cc1. The maximum absolute atomic E-state index is 11.7. The number of hydrogen-bond donors (Lipinski definition) is 0. The highest BCUT2D eigenvalue weighted by atomic mass is 32.2. The number of fused-ring (bicyclic) bond motifs is 1. The molecule has 0 amide bonds. The Hall–Kier alpha value is -2.14. The molecule has 0 fully saturated rings. The second-order valence-corrected chi connectivity index (χ2v) is 6.57. The molecule has 2 aromatic carbocycles. The van der Waals surface area contributed by atoms with E-state index in [0.29, 0.717) is 30.9 Å². The number of thioether (sulfide) groups is 1. The average molecular weight is 344 g/mol. The highest BCUT2D eigenvalue weighted by Crippen LogP contribution is 2.29. The van der Waals surface area contributed by atoms with Gasteiger partial charge in [0, 0.05) is 23.1 Å². The number of methoxy groups -OCH3 is 1. The van der Waals surface area contributed by atoms with Crippen LogP contribution in [0.4, 0.5) is 0 Å². The Morgan fingerprint density at radius 1 is 1.12 bits per heavy atom. The summed E-state index contributed by atoms with van der Waals surface area (Å²) in [5.41, 5.74) is 0.656. The molecule has 1 heterocycles. The third-order valence-electron chi connectivity index (χ3n) is 3.73. The third-order valence-corrected chi connectivity index (χ3v) is 4.82. The fourth-order valence-electron chi connectivity index (χ4n) is 2.44. The molecule has 24 heavy (non-hydrogen) atoms. The number of Topliss-reactive ketones (excluding diaryl/α,β-unsaturated/α-hetero) is 1. The van der Waals surface area contributed by atoms with Gasteiger partial charge in [-0.05, 0) is 42.8 Å². The summed E-state index contributed by atoms with van der Waals surface area (Å²) < 4.78 is 16.4. The lowest BCUT2D eigenvalue weighted by Gasteiger charge is -2.17. The highest BCUT2D eigenvalue weighted by Gasteiger charge is 2.18. The third kappa shape index (κ3) is 4.23. The Morgan fingerprint density at radius 3 is 2.71 bits per heavy atom. The Labute approximate surface area is 146 Å². The van der Waals surface area contributed by atoms with E-state index in [9.17, 15) is 4.79 Å². The lowest BCUT2D eigenvalue weighted by atomic mass is 10.1. The van der Waals surface area contributed by atoms with Crippen LogP contribution in [0.3, 0.4) is 0 Å². The summed E-state index contributed by atoms with van der Waals surface area (Å²) >= 11 is 1.79. The van der Waals surface area contributed by atoms with Crippen molar-refractivity contribution >= 4 is 17.5 Å². The lowest BCUT2D eigenvalue weighted by Crippen LogP contribution is -2.15. The largest absolute Gasteiger partial charge is 0.497 e. The number of carbonyl (C=O) groups is 1. The molecule has 0 bridgehead atoms. The molecule has 0 N–H and O–H groups in total. The van der Waals surface area contributed by atoms with Gasteiger partial charge >= 0.3 is 0 Å². The molecular weight excluding hydrogens is 324 g/mol. The van der Waals surface area contributed by atoms with Crippen molar-refractivity contribution in [3.63, 3.8) is 0 Å². The minimum atomic E-state index is 0.138. The van der Waals surface area contributed by atoms with Crippen LogP contribution in [0.2, 0.25) is 0 Å². The fourth-order valence-corrected chi connectivity index (χ4v) is 3.27. The van der Waals surface area contributed by atoms with Crippen molar-refractivity contribution in [1.29, 1.82) is 0 Å². The number of ether oxygens (including phenoxy) is 3. The van der Waals surface area contributed by atoms with Gasteiger partial charge in [0.1, 0.15) is 17.2 Å². The zero-order valence-electron chi connectivity index (χ0n) is 13.6. The molecule has 4 nitrogen and oxygen atoms in total. The van der Waals surface area contributed by atoms with Crippen molar-refractivity contribution < 1.29 is 19.0 Å². The summed E-state index contributed by atoms with van der Waals surface area (Å²) in [6.07, 6.45) is 1.39. The number of rotatable bonds is 7. The van der Waals surface area contributed by atoms with Gasteiger partial charge in [0.15, 0.2) is 5.78 Å². The molecule has 5 heteroatoms. The molecule has 0 saturated heterocycles. The summed E-state index contributed by atoms with van der Waals surface area (Å²) in [5.74, 6) is 3.37. The molecule has 1 aliphatic rings. The normalized spacial score (nSPS) is 13.1. The van der Waals surface area contributed by atoms with Crippen LogP contribution < -0.4 is 14.2 Å². The first-order chi connectivity index (χ1) is 11.8. The number of carbonyl (C=O) groups excluding carboxylic acids is 1. The van der Waals surface area contributed by atoms with Gasteiger partial charge in [-0.2, -0.15) is 0 Å². The van der Waals surface area contributed by atoms with Crippen molar-refractivity contribution in [3.8, 4) is 17.2 Å². The van der Waals surface area contributed by atoms with Gasteiger partial charge in [0.25, 0.3) is 0 Å². The van der Waals surface area contributed by atoms with E-state index >= 15 is 0 Å². The Bertz CT molecular complexity index is 697. The van der Waals surface area contributed by atoms with E-state index in [0.717, 1.165) is 23.7 Å². The lowest BCUT2D eigenvalue weighted by molar-refractivity contribution is 0.0933. The molecule has 1 aliphatic heterocycles. The Balaban J connectivity index is 1.42. The number of hydrogen-bond acceptors (Lipinski definition) is 5. The van der Waals surface area contributed by atoms with Crippen molar-refractivity contribution in [1.82, 2.24) is 0 Å². The van der Waals surface area contributed by atoms with Crippen molar-refractivity contribution in [2.75, 3.05) is 26.1 Å². The molecule has 0 unspecified atom stereocenters. The van der Waals surface area contributed by atoms with Gasteiger partial charge in [-0.3, -0.25) is 4.79 Å². The first kappa shape index (κ1) is 16.7. The van der Waals surface area contributed by atoms with E-state index in [1.165, 1.54) is 4.90 Å². The molecule has 2 aromatic rings. The average Bonchev–Trinajstić information content (AvgIpc) is 2.62. The predicted octanol–water partition coefficient (Wildman–Crippen LogP) is 4.22. The van der Waals surface area contributed by atoms with E-state index < -0.39 is 0 Å². The van der Waals surface area contributed by atoms with Crippen LogP contribution in [0, 0.1) is 0 Å². The molecule has 126 valence electrons. The molecule has 0 radical (unpaired) electrons. The van der Waals surface area contributed by atoms with Gasteiger partial charge in [0.2, 0.25) is 0 Å². The van der Waals surface area contributed by atoms with E-state index in [4.69, 9.17) is 14.2 Å². The van der Waals surface area contributed by atoms with Crippen LogP contribution in [0.1, 0.15) is 23.2 Å². The highest BCUT2D eigenvalue weighted by molar-refractivity contribution is 7.99. The van der Waals surface area contributed by atoms with Gasteiger partial charge in [-0.25, -0.2) is 0 Å². The first-order valence-electron chi connectivity index (χ1n) is 7.96. The smallest absolute Gasteiger partial charge is 0.169 e. The second kappa shape index (κ2) is 8.11. The summed E-state index contributed by atoms with van der Waals surface area (Å²) in [6, 6.07) is 13.5. The van der Waals surface area contributed by atoms with E-state index in [2.05, 4.69) is 12.1 Å². The topological polar surface area (TPSA) is 44.8 Å². The standard InChI is InChI=1S/C19H20O4S/c1-21-14-3-6-16(7-4-14)24-12-2-10-22-15-5-8-17-18(20)9-11-23-19(17)13-15/h3-8,13H,2,9-12H2,1H3. The van der Waals surface area contributed by atoms with Crippen molar-refractivity contribution in [2.45, 2.75) is 17.7 Å². The fraction of sp³-hybridized carbons (Fsp3) is 0.316. The van der Waals surface area contributed by atoms with Crippen LogP contribution in [-0.2, 0) is 0 Å². The first-order valence-corrected chi connectivity index (χ1v) is 8.94. The second-order valence-electron chi connectivity index (χ2n) is 5.41. The molecule has 0 atom stereocenters. The maximum atomic E-state index is 11.7. The van der Waals surface area contributed by atoms with Crippen LogP contribution >= 0.6 is 11.8 Å². The number of benzene rings is 2. The molecule has 0 spiro atoms. The zero-order valence-corrected chi connectivity index (χ0v) is 14.4. The van der Waals surface area contributed by atoms with Crippen molar-refractivity contribution in [2.24, 2.45) is 0 Å². The quantitative estimate of drug-likeness (QED) is 0.556. The summed E-state index contributed by atoms with van der Waals surface area (Å²) in [7, 11) is 1.67. The van der Waals surface area contributed by atoms with E-state index in [-0.39, 0.29) is 5.78 Å². The molecule has 0 aromatic heterocycles. The molecular formula is C19H20O4S. The molecule has 0 saturated carbocycles. The minimum absolute atomic E-state index is 0.138. The van der Waals surface area contributed by atoms with Crippen LogP contribution in [-0.4, -0.2) is 31.9 Å². The number of ketones is 1. The van der Waals surface area contributed by atoms with E-state index in [1.807, 2.05) is 24.3 Å². The summed E-state index contributed by atoms with van der Waals surface area (Å²) in [4.78, 5) is 13.0. The van der Waals surface area contributed by atoms with Gasteiger partial charge in [0.05, 0.1) is 25.9 Å². The van der Waals surface area contributed by atoms with Gasteiger partial charge < -0.3 is 14.2 Å². The summed E-state index contributed by atoms with van der Waals surface area (Å²) in [6.45, 7) is 1.09. The van der Waals surface area contributed by atoms with Crippen LogP contribution in [0.5, 0.6) is 17.2 Å². The van der Waals surface area contributed by atoms with Gasteiger partial charge in [-0.1, -0.05) is 0 Å². The zero-order chi connectivity index (χ0) is 16.8. The molecule has 3 rings (SSSR count). The van der Waals surface area contributed by atoms with Gasteiger partial charge in [-0.15, -0.1) is 11.8 Å². The van der Waals surface area contributed by atoms with Crippen LogP contribution in [0.25, 0.3) is 0 Å². The van der Waals surface area contributed by atoms with Crippen molar-refractivity contribution in [3.05, 3.63) is 48.0 Å². The Morgan fingerprint density at radius 2 is 1.92 bits per heavy atom. The predicted molar refractivity (Wildman–Crippen MR) is 94.7 cm³/mol. The molecule has 0 aliphatic carbocycles. The monoisotopic (exact) mass is 344 g/mol. The van der Waals surface area contributed by atoms with E-state index in [1.54, 1.807) is 24.9 Å². The Kier molecular flexibility index (Phi) is 5.64.